The van der Waals surface area contributed by atoms with Crippen LogP contribution in [0.5, 0.6) is 11.5 Å². The lowest BCUT2D eigenvalue weighted by atomic mass is 9.98. The number of hydrogen-bond acceptors (Lipinski definition) is 4. The molecule has 1 saturated heterocycles. The van der Waals surface area contributed by atoms with Gasteiger partial charge in [0, 0.05) is 24.6 Å². The van der Waals surface area contributed by atoms with Crippen molar-refractivity contribution in [2.75, 3.05) is 18.6 Å². The van der Waals surface area contributed by atoms with Crippen molar-refractivity contribution >= 4 is 11.6 Å². The number of aliphatic hydroxyl groups excluding tert-OH is 1. The number of carbonyl (C=O) groups excluding carboxylic acids is 1. The van der Waals surface area contributed by atoms with Crippen LogP contribution in [0.25, 0.3) is 0 Å². The van der Waals surface area contributed by atoms with Crippen molar-refractivity contribution in [1.82, 2.24) is 0 Å². The summed E-state index contributed by atoms with van der Waals surface area (Å²) in [7, 11) is 1.66. The Kier molecular flexibility index (Phi) is 5.53. The minimum absolute atomic E-state index is 0.0281. The zero-order valence-corrected chi connectivity index (χ0v) is 16.3. The van der Waals surface area contributed by atoms with E-state index in [1.807, 2.05) is 47.4 Å². The summed E-state index contributed by atoms with van der Waals surface area (Å²) in [4.78, 5) is 14.5. The maximum atomic E-state index is 12.7. The van der Waals surface area contributed by atoms with Crippen molar-refractivity contribution < 1.29 is 19.4 Å². The van der Waals surface area contributed by atoms with Gasteiger partial charge in [-0.3, -0.25) is 4.79 Å². The molecule has 1 N–H and O–H groups in total. The topological polar surface area (TPSA) is 59.0 Å². The third-order valence-electron chi connectivity index (χ3n) is 5.78. The first-order valence-electron chi connectivity index (χ1n) is 10.0. The number of hydrogen-bond donors (Lipinski definition) is 1. The third kappa shape index (κ3) is 3.85. The molecule has 0 radical (unpaired) electrons. The first-order chi connectivity index (χ1) is 13.7. The van der Waals surface area contributed by atoms with Gasteiger partial charge in [0.1, 0.15) is 0 Å². The van der Waals surface area contributed by atoms with Crippen molar-refractivity contribution in [3.8, 4) is 11.5 Å². The molecule has 1 aliphatic heterocycles. The van der Waals surface area contributed by atoms with Crippen molar-refractivity contribution in [2.24, 2.45) is 0 Å². The summed E-state index contributed by atoms with van der Waals surface area (Å²) in [6.45, 7) is 0.600. The van der Waals surface area contributed by atoms with Crippen LogP contribution in [-0.4, -0.2) is 30.8 Å². The number of nitrogens with zero attached hydrogens (tertiary/aromatic N) is 1. The molecule has 1 aliphatic carbocycles. The molecule has 5 nitrogen and oxygen atoms in total. The average molecular weight is 381 g/mol. The van der Waals surface area contributed by atoms with E-state index in [9.17, 15) is 9.90 Å². The fourth-order valence-corrected chi connectivity index (χ4v) is 4.23. The highest BCUT2D eigenvalue weighted by molar-refractivity contribution is 5.96. The molecule has 1 unspecified atom stereocenters. The molecule has 5 heteroatoms. The normalized spacial score (nSPS) is 20.0. The van der Waals surface area contributed by atoms with Gasteiger partial charge in [-0.2, -0.15) is 0 Å². The van der Waals surface area contributed by atoms with Crippen molar-refractivity contribution in [1.29, 1.82) is 0 Å². The smallest absolute Gasteiger partial charge is 0.227 e. The maximum absolute atomic E-state index is 12.7. The van der Waals surface area contributed by atoms with Gasteiger partial charge in [-0.15, -0.1) is 0 Å². The second-order valence-electron chi connectivity index (χ2n) is 7.67. The number of anilines is 1. The molecule has 1 saturated carbocycles. The van der Waals surface area contributed by atoms with Gasteiger partial charge >= 0.3 is 0 Å². The van der Waals surface area contributed by atoms with Gasteiger partial charge in [-0.1, -0.05) is 18.2 Å². The molecule has 148 valence electrons. The molecule has 2 aromatic rings. The van der Waals surface area contributed by atoms with E-state index in [1.165, 1.54) is 12.8 Å². The zero-order chi connectivity index (χ0) is 19.5. The Bertz CT molecular complexity index is 844. The summed E-state index contributed by atoms with van der Waals surface area (Å²) in [5.41, 5.74) is 2.75. The van der Waals surface area contributed by atoms with E-state index < -0.39 is 0 Å². The second kappa shape index (κ2) is 8.23. The Labute approximate surface area is 165 Å². The van der Waals surface area contributed by atoms with Crippen LogP contribution in [0.15, 0.2) is 42.5 Å². The highest BCUT2D eigenvalue weighted by Gasteiger charge is 2.32. The lowest BCUT2D eigenvalue weighted by Crippen LogP contribution is -2.24. The summed E-state index contributed by atoms with van der Waals surface area (Å²) in [6.07, 6.45) is 5.33. The molecule has 2 fully saturated rings. The number of benzene rings is 2. The van der Waals surface area contributed by atoms with E-state index in [2.05, 4.69) is 0 Å². The summed E-state index contributed by atoms with van der Waals surface area (Å²) >= 11 is 0. The van der Waals surface area contributed by atoms with E-state index in [-0.39, 0.29) is 24.5 Å². The molecule has 1 heterocycles. The fraction of sp³-hybridized carbons (Fsp3) is 0.435. The van der Waals surface area contributed by atoms with Crippen LogP contribution >= 0.6 is 0 Å². The molecule has 2 aromatic carbocycles. The Morgan fingerprint density at radius 1 is 1.11 bits per heavy atom. The van der Waals surface area contributed by atoms with Crippen LogP contribution in [0.2, 0.25) is 0 Å². The predicted octanol–water partition coefficient (Wildman–Crippen LogP) is 4.03. The predicted molar refractivity (Wildman–Crippen MR) is 108 cm³/mol. The zero-order valence-electron chi connectivity index (χ0n) is 16.3. The molecule has 0 bridgehead atoms. The number of ether oxygens (including phenoxy) is 2. The average Bonchev–Trinajstić information content (AvgIpc) is 3.37. The molecule has 0 spiro atoms. The summed E-state index contributed by atoms with van der Waals surface area (Å²) in [6, 6.07) is 13.6. The summed E-state index contributed by atoms with van der Waals surface area (Å²) < 4.78 is 11.7. The van der Waals surface area contributed by atoms with E-state index in [4.69, 9.17) is 9.47 Å². The van der Waals surface area contributed by atoms with Gasteiger partial charge < -0.3 is 19.5 Å². The highest BCUT2D eigenvalue weighted by atomic mass is 16.5. The first kappa shape index (κ1) is 18.8. The van der Waals surface area contributed by atoms with Gasteiger partial charge in [-0.25, -0.2) is 0 Å². The summed E-state index contributed by atoms with van der Waals surface area (Å²) in [5, 5.41) is 9.37. The van der Waals surface area contributed by atoms with Gasteiger partial charge in [0.2, 0.25) is 5.91 Å². The van der Waals surface area contributed by atoms with Crippen molar-refractivity contribution in [2.45, 2.75) is 50.7 Å². The van der Waals surface area contributed by atoms with Gasteiger partial charge in [-0.05, 0) is 61.1 Å². The quantitative estimate of drug-likeness (QED) is 0.821. The maximum Gasteiger partial charge on any atom is 0.227 e. The standard InChI is InChI=1S/C23H27NO4/c1-27-21-10-9-17(12-22(21)28-20-7-2-3-8-20)18-13-23(26)24(14-18)19-6-4-5-16(11-19)15-25/h4-6,9-12,18,20,25H,2-3,7-8,13-15H2,1H3. The van der Waals surface area contributed by atoms with E-state index in [0.717, 1.165) is 41.2 Å². The van der Waals surface area contributed by atoms with Crippen LogP contribution in [0.1, 0.15) is 49.1 Å². The Morgan fingerprint density at radius 3 is 2.68 bits per heavy atom. The number of aliphatic hydroxyl groups is 1. The van der Waals surface area contributed by atoms with Crippen molar-refractivity contribution in [3.05, 3.63) is 53.6 Å². The van der Waals surface area contributed by atoms with Crippen LogP contribution < -0.4 is 14.4 Å². The van der Waals surface area contributed by atoms with E-state index >= 15 is 0 Å². The van der Waals surface area contributed by atoms with Crippen LogP contribution in [0, 0.1) is 0 Å². The van der Waals surface area contributed by atoms with Gasteiger partial charge in [0.05, 0.1) is 19.8 Å². The van der Waals surface area contributed by atoms with E-state index in [0.29, 0.717) is 13.0 Å². The number of amides is 1. The Morgan fingerprint density at radius 2 is 1.93 bits per heavy atom. The Balaban J connectivity index is 1.54. The molecule has 2 aliphatic rings. The lowest BCUT2D eigenvalue weighted by Gasteiger charge is -2.19. The second-order valence-corrected chi connectivity index (χ2v) is 7.67. The number of carbonyl (C=O) groups is 1. The Hall–Kier alpha value is -2.53. The first-order valence-corrected chi connectivity index (χ1v) is 10.0. The molecule has 28 heavy (non-hydrogen) atoms. The largest absolute Gasteiger partial charge is 0.493 e. The lowest BCUT2D eigenvalue weighted by molar-refractivity contribution is -0.117. The number of methoxy groups -OCH3 is 1. The molecule has 1 amide bonds. The monoisotopic (exact) mass is 381 g/mol. The minimum Gasteiger partial charge on any atom is -0.493 e. The summed E-state index contributed by atoms with van der Waals surface area (Å²) in [5.74, 6) is 1.74. The molecule has 1 atom stereocenters. The molecule has 4 rings (SSSR count). The molecular formula is C23H27NO4. The molecular weight excluding hydrogens is 354 g/mol. The van der Waals surface area contributed by atoms with Crippen LogP contribution in [-0.2, 0) is 11.4 Å². The third-order valence-corrected chi connectivity index (χ3v) is 5.78. The van der Waals surface area contributed by atoms with Gasteiger partial charge in [0.15, 0.2) is 11.5 Å². The van der Waals surface area contributed by atoms with E-state index in [1.54, 1.807) is 7.11 Å². The molecule has 0 aromatic heterocycles. The fourth-order valence-electron chi connectivity index (χ4n) is 4.23. The van der Waals surface area contributed by atoms with Crippen molar-refractivity contribution in [3.63, 3.8) is 0 Å². The van der Waals surface area contributed by atoms with Gasteiger partial charge in [0.25, 0.3) is 0 Å². The SMILES string of the molecule is COc1ccc(C2CC(=O)N(c3cccc(CO)c3)C2)cc1OC1CCCC1. The number of rotatable bonds is 6. The minimum atomic E-state index is -0.0281. The highest BCUT2D eigenvalue weighted by Crippen LogP contribution is 2.38. The van der Waals surface area contributed by atoms with Crippen LogP contribution in [0.4, 0.5) is 5.69 Å². The van der Waals surface area contributed by atoms with Crippen LogP contribution in [0.3, 0.4) is 0 Å².